The number of thiazole rings is 1. The molecule has 6 nitrogen and oxygen atoms in total. The highest BCUT2D eigenvalue weighted by Crippen LogP contribution is 2.30. The van der Waals surface area contributed by atoms with Crippen LogP contribution >= 0.6 is 27.3 Å². The van der Waals surface area contributed by atoms with Crippen molar-refractivity contribution in [3.63, 3.8) is 0 Å². The second-order valence-corrected chi connectivity index (χ2v) is 7.68. The second kappa shape index (κ2) is 8.04. The van der Waals surface area contributed by atoms with Gasteiger partial charge in [-0.2, -0.15) is 0 Å². The van der Waals surface area contributed by atoms with Crippen LogP contribution in [0.2, 0.25) is 0 Å². The minimum absolute atomic E-state index is 0.0224. The van der Waals surface area contributed by atoms with E-state index in [4.69, 9.17) is 4.55 Å². The van der Waals surface area contributed by atoms with Gasteiger partial charge in [0.25, 0.3) is 17.2 Å². The Kier molecular flexibility index (Phi) is 5.77. The first kappa shape index (κ1) is 18.6. The molecule has 3 aromatic rings. The zero-order chi connectivity index (χ0) is 18.7. The number of amides is 1. The van der Waals surface area contributed by atoms with Gasteiger partial charge < -0.3 is 0 Å². The van der Waals surface area contributed by atoms with Gasteiger partial charge in [0.2, 0.25) is 0 Å². The summed E-state index contributed by atoms with van der Waals surface area (Å²) in [5, 5.41) is 2.96. The first-order valence-electron chi connectivity index (χ1n) is 7.12. The molecule has 0 bridgehead atoms. The van der Waals surface area contributed by atoms with Gasteiger partial charge in [-0.05, 0) is 35.9 Å². The number of hydrogen-bond acceptors (Lipinski definition) is 4. The minimum Gasteiger partial charge on any atom is -0.298 e. The summed E-state index contributed by atoms with van der Waals surface area (Å²) in [7, 11) is 0. The van der Waals surface area contributed by atoms with Crippen molar-refractivity contribution in [1.29, 1.82) is 0 Å². The number of hydrogen-bond donors (Lipinski definition) is 3. The average Bonchev–Trinajstić information content (AvgIpc) is 3.03. The Hall–Kier alpha value is -2.14. The second-order valence-electron chi connectivity index (χ2n) is 5.03. The molecule has 0 spiro atoms. The van der Waals surface area contributed by atoms with Crippen LogP contribution in [0, 0.1) is 5.82 Å². The van der Waals surface area contributed by atoms with Crippen molar-refractivity contribution in [1.82, 2.24) is 4.98 Å². The monoisotopic (exact) mass is 455 g/mol. The van der Waals surface area contributed by atoms with Crippen molar-refractivity contribution >= 4 is 55.3 Å². The largest absolute Gasteiger partial charge is 0.298 e. The van der Waals surface area contributed by atoms with Crippen LogP contribution in [-0.4, -0.2) is 19.7 Å². The van der Waals surface area contributed by atoms with Crippen molar-refractivity contribution in [3.8, 4) is 10.4 Å². The Balaban J connectivity index is 1.81. The molecule has 3 rings (SSSR count). The lowest BCUT2D eigenvalue weighted by Gasteiger charge is -2.08. The molecule has 0 saturated heterocycles. The number of carbonyl (C=O) groups is 1. The van der Waals surface area contributed by atoms with Crippen LogP contribution in [0.25, 0.3) is 10.4 Å². The molecule has 0 saturated carbocycles. The van der Waals surface area contributed by atoms with Crippen LogP contribution in [0.4, 0.5) is 15.2 Å². The zero-order valence-corrected chi connectivity index (χ0v) is 16.1. The third-order valence-corrected chi connectivity index (χ3v) is 5.16. The highest BCUT2D eigenvalue weighted by molar-refractivity contribution is 9.10. The van der Waals surface area contributed by atoms with E-state index in [2.05, 4.69) is 31.0 Å². The molecule has 1 heterocycles. The Labute approximate surface area is 163 Å². The summed E-state index contributed by atoms with van der Waals surface area (Å²) in [4.78, 5) is 17.4. The molecule has 1 atom stereocenters. The van der Waals surface area contributed by atoms with Gasteiger partial charge in [0.15, 0.2) is 5.13 Å². The van der Waals surface area contributed by atoms with Gasteiger partial charge in [0, 0.05) is 10.7 Å². The van der Waals surface area contributed by atoms with Crippen molar-refractivity contribution in [2.24, 2.45) is 0 Å². The molecule has 0 aliphatic heterocycles. The Morgan fingerprint density at radius 2 is 1.96 bits per heavy atom. The van der Waals surface area contributed by atoms with E-state index in [1.165, 1.54) is 17.4 Å². The van der Waals surface area contributed by atoms with E-state index in [-0.39, 0.29) is 11.3 Å². The van der Waals surface area contributed by atoms with Gasteiger partial charge in [-0.15, -0.1) is 0 Å². The summed E-state index contributed by atoms with van der Waals surface area (Å²) in [6, 6.07) is 10.9. The van der Waals surface area contributed by atoms with E-state index in [0.29, 0.717) is 5.13 Å². The Bertz CT molecular complexity index is 979. The fraction of sp³-hybridized carbons (Fsp3) is 0. The van der Waals surface area contributed by atoms with E-state index in [1.807, 2.05) is 24.3 Å². The van der Waals surface area contributed by atoms with Crippen molar-refractivity contribution < 1.29 is 17.9 Å². The van der Waals surface area contributed by atoms with E-state index in [1.54, 1.807) is 6.20 Å². The predicted molar refractivity (Wildman–Crippen MR) is 104 cm³/mol. The van der Waals surface area contributed by atoms with E-state index >= 15 is 0 Å². The first-order valence-corrected chi connectivity index (χ1v) is 9.84. The van der Waals surface area contributed by atoms with E-state index in [9.17, 15) is 13.4 Å². The van der Waals surface area contributed by atoms with Crippen LogP contribution in [0.15, 0.2) is 53.1 Å². The summed E-state index contributed by atoms with van der Waals surface area (Å²) in [6.07, 6.45) is 1.64. The molecule has 0 radical (unpaired) electrons. The molecule has 0 aliphatic carbocycles. The number of nitrogens with zero attached hydrogens (tertiary/aromatic N) is 1. The van der Waals surface area contributed by atoms with E-state index < -0.39 is 23.0 Å². The smallest absolute Gasteiger partial charge is 0.259 e. The summed E-state index contributed by atoms with van der Waals surface area (Å²) in [5.74, 6) is -1.21. The number of carbonyl (C=O) groups excluding carboxylic acids is 1. The molecule has 1 unspecified atom stereocenters. The van der Waals surface area contributed by atoms with Gasteiger partial charge in [-0.3, -0.25) is 19.4 Å². The maximum absolute atomic E-state index is 13.3. The first-order chi connectivity index (χ1) is 12.4. The molecule has 26 heavy (non-hydrogen) atoms. The topological polar surface area (TPSA) is 91.3 Å². The molecule has 1 aromatic heterocycles. The van der Waals surface area contributed by atoms with Gasteiger partial charge in [-0.1, -0.05) is 39.4 Å². The molecule has 10 heteroatoms. The number of nitrogens with one attached hydrogen (secondary N) is 2. The maximum atomic E-state index is 13.3. The molecule has 134 valence electrons. The normalized spacial score (nSPS) is 11.8. The van der Waals surface area contributed by atoms with Gasteiger partial charge in [0.1, 0.15) is 5.82 Å². The minimum atomic E-state index is -2.43. The SMILES string of the molecule is O=C(Nc1ncc(-c2ccc(Br)cc2)s1)c1ccc(F)cc1NS(=O)O. The number of halogens is 2. The highest BCUT2D eigenvalue weighted by atomic mass is 79.9. The van der Waals surface area contributed by atoms with Crippen LogP contribution < -0.4 is 10.0 Å². The standard InChI is InChI=1S/C16H11BrFN3O3S2/c17-10-3-1-9(2-4-10)14-8-19-16(25-14)20-15(22)12-6-5-11(18)7-13(12)21-26(23)24/h1-8,21H,(H,23,24)(H,19,20,22). The van der Waals surface area contributed by atoms with Crippen LogP contribution in [0.1, 0.15) is 10.4 Å². The van der Waals surface area contributed by atoms with Crippen molar-refractivity contribution in [3.05, 3.63) is 64.5 Å². The summed E-state index contributed by atoms with van der Waals surface area (Å²) < 4.78 is 36.3. The molecule has 0 fully saturated rings. The number of benzene rings is 2. The average molecular weight is 456 g/mol. The number of aromatic nitrogens is 1. The summed E-state index contributed by atoms with van der Waals surface area (Å²) in [6.45, 7) is 0. The molecule has 2 aromatic carbocycles. The highest BCUT2D eigenvalue weighted by Gasteiger charge is 2.16. The fourth-order valence-electron chi connectivity index (χ4n) is 2.14. The molecule has 0 aliphatic rings. The Morgan fingerprint density at radius 3 is 2.65 bits per heavy atom. The molecule has 3 N–H and O–H groups in total. The van der Waals surface area contributed by atoms with Gasteiger partial charge >= 0.3 is 0 Å². The van der Waals surface area contributed by atoms with Crippen LogP contribution in [-0.2, 0) is 11.3 Å². The Morgan fingerprint density at radius 1 is 1.23 bits per heavy atom. The third-order valence-electron chi connectivity index (χ3n) is 3.28. The van der Waals surface area contributed by atoms with Gasteiger partial charge in [0.05, 0.1) is 16.1 Å². The summed E-state index contributed by atoms with van der Waals surface area (Å²) in [5.41, 5.74) is 0.883. The van der Waals surface area contributed by atoms with E-state index in [0.717, 1.165) is 27.0 Å². The predicted octanol–water partition coefficient (Wildman–Crippen LogP) is 4.51. The quantitative estimate of drug-likeness (QED) is 0.493. The third kappa shape index (κ3) is 4.52. The lowest BCUT2D eigenvalue weighted by molar-refractivity contribution is 0.102. The molecular weight excluding hydrogens is 445 g/mol. The van der Waals surface area contributed by atoms with Gasteiger partial charge in [-0.25, -0.2) is 13.6 Å². The lowest BCUT2D eigenvalue weighted by Crippen LogP contribution is -2.15. The van der Waals surface area contributed by atoms with Crippen molar-refractivity contribution in [2.75, 3.05) is 10.0 Å². The van der Waals surface area contributed by atoms with Crippen molar-refractivity contribution in [2.45, 2.75) is 0 Å². The zero-order valence-electron chi connectivity index (χ0n) is 12.9. The summed E-state index contributed by atoms with van der Waals surface area (Å²) >= 11 is 2.21. The molecule has 1 amide bonds. The number of anilines is 2. The fourth-order valence-corrected chi connectivity index (χ4v) is 3.58. The number of rotatable bonds is 5. The lowest BCUT2D eigenvalue weighted by atomic mass is 10.1. The van der Waals surface area contributed by atoms with Crippen LogP contribution in [0.5, 0.6) is 0 Å². The maximum Gasteiger partial charge on any atom is 0.259 e. The molecular formula is C16H11BrFN3O3S2. The van der Waals surface area contributed by atoms with Crippen LogP contribution in [0.3, 0.4) is 0 Å².